The average Bonchev–Trinajstić information content (AvgIpc) is 2.89. The summed E-state index contributed by atoms with van der Waals surface area (Å²) >= 11 is 0. The number of anilines is 3. The Kier molecular flexibility index (Phi) is 10.8. The Labute approximate surface area is 208 Å². The van der Waals surface area contributed by atoms with Crippen LogP contribution in [0.5, 0.6) is 0 Å². The fraction of sp³-hybridized carbons (Fsp3) is 0.286. The molecule has 3 aromatic carbocycles. The van der Waals surface area contributed by atoms with Crippen LogP contribution < -0.4 is 16.4 Å². The van der Waals surface area contributed by atoms with Crippen molar-refractivity contribution in [3.8, 4) is 0 Å². The number of aryl methyl sites for hydroxylation is 1. The number of hydrogen-bond donors (Lipinski definition) is 3. The number of nitrogen functional groups attached to an aromatic ring is 1. The number of carbonyl (C=O) groups excluding carboxylic acids is 2. The lowest BCUT2D eigenvalue weighted by Gasteiger charge is -2.18. The van der Waals surface area contributed by atoms with Crippen LogP contribution in [-0.2, 0) is 11.3 Å². The molecule has 0 aliphatic carbocycles. The van der Waals surface area contributed by atoms with Gasteiger partial charge in [0.2, 0.25) is 0 Å². The Morgan fingerprint density at radius 2 is 1.69 bits per heavy atom. The summed E-state index contributed by atoms with van der Waals surface area (Å²) < 4.78 is 5.06. The van der Waals surface area contributed by atoms with Gasteiger partial charge in [0, 0.05) is 44.1 Å². The molecule has 35 heavy (non-hydrogen) atoms. The molecule has 0 unspecified atom stereocenters. The van der Waals surface area contributed by atoms with E-state index in [0.717, 1.165) is 16.8 Å². The average molecular weight is 477 g/mol. The van der Waals surface area contributed by atoms with Crippen molar-refractivity contribution in [1.82, 2.24) is 4.90 Å². The Balaban J connectivity index is 0.00000210. The van der Waals surface area contributed by atoms with E-state index in [0.29, 0.717) is 42.2 Å². The number of benzene rings is 3. The third kappa shape index (κ3) is 7.86. The fourth-order valence-electron chi connectivity index (χ4n) is 3.28. The summed E-state index contributed by atoms with van der Waals surface area (Å²) in [5.41, 5.74) is 11.0. The van der Waals surface area contributed by atoms with Crippen molar-refractivity contribution in [2.24, 2.45) is 0 Å². The van der Waals surface area contributed by atoms with Gasteiger partial charge in [-0.3, -0.25) is 9.59 Å². The quantitative estimate of drug-likeness (QED) is 0.370. The number of para-hydroxylation sites is 2. The molecule has 186 valence electrons. The van der Waals surface area contributed by atoms with Crippen LogP contribution in [0.15, 0.2) is 66.7 Å². The van der Waals surface area contributed by atoms with E-state index in [4.69, 9.17) is 10.5 Å². The molecular formula is C28H36N4O3. The highest BCUT2D eigenvalue weighted by Gasteiger charge is 2.15. The number of ether oxygens (including phenoxy) is 1. The number of amides is 2. The summed E-state index contributed by atoms with van der Waals surface area (Å²) in [6.45, 7) is 7.51. The summed E-state index contributed by atoms with van der Waals surface area (Å²) in [7, 11) is 3.39. The zero-order valence-corrected chi connectivity index (χ0v) is 21.2. The van der Waals surface area contributed by atoms with Gasteiger partial charge in [0.25, 0.3) is 11.8 Å². The summed E-state index contributed by atoms with van der Waals surface area (Å²) in [6.07, 6.45) is 0. The van der Waals surface area contributed by atoms with Crippen LogP contribution in [0.2, 0.25) is 0 Å². The summed E-state index contributed by atoms with van der Waals surface area (Å²) in [6, 6.07) is 20.3. The van der Waals surface area contributed by atoms with E-state index < -0.39 is 0 Å². The number of nitrogens with two attached hydrogens (primary N) is 1. The lowest BCUT2D eigenvalue weighted by molar-refractivity contribution is 0.0743. The van der Waals surface area contributed by atoms with E-state index in [1.54, 1.807) is 43.3 Å². The Hall–Kier alpha value is -3.84. The minimum atomic E-state index is -0.216. The topological polar surface area (TPSA) is 96.7 Å². The normalized spacial score (nSPS) is 10.1. The fourth-order valence-corrected chi connectivity index (χ4v) is 3.28. The molecule has 0 aromatic heterocycles. The van der Waals surface area contributed by atoms with E-state index in [1.807, 2.05) is 63.2 Å². The minimum Gasteiger partial charge on any atom is -0.397 e. The molecule has 0 aliphatic heterocycles. The predicted octanol–water partition coefficient (Wildman–Crippen LogP) is 5.19. The van der Waals surface area contributed by atoms with Gasteiger partial charge in [-0.15, -0.1) is 0 Å². The van der Waals surface area contributed by atoms with Gasteiger partial charge < -0.3 is 26.0 Å². The van der Waals surface area contributed by atoms with Crippen LogP contribution >= 0.6 is 0 Å². The summed E-state index contributed by atoms with van der Waals surface area (Å²) in [5.74, 6) is -0.255. The lowest BCUT2D eigenvalue weighted by Crippen LogP contribution is -2.30. The molecule has 0 saturated heterocycles. The Morgan fingerprint density at radius 1 is 1.00 bits per heavy atom. The number of nitrogens with zero attached hydrogens (tertiary/aromatic N) is 1. The molecule has 0 aliphatic rings. The molecule has 0 bridgehead atoms. The zero-order chi connectivity index (χ0) is 25.8. The van der Waals surface area contributed by atoms with Gasteiger partial charge in [-0.2, -0.15) is 0 Å². The molecule has 0 fully saturated rings. The first kappa shape index (κ1) is 27.4. The number of carbonyl (C=O) groups is 2. The van der Waals surface area contributed by atoms with Crippen molar-refractivity contribution >= 4 is 28.9 Å². The molecular weight excluding hydrogens is 440 g/mol. The van der Waals surface area contributed by atoms with Crippen molar-refractivity contribution in [2.75, 3.05) is 43.7 Å². The SMILES string of the molecule is CC.COCCN(C)C(=O)c1cc(NCc2ccc(C(=O)Nc3ccccc3N)cc2)ccc1C. The highest BCUT2D eigenvalue weighted by molar-refractivity contribution is 6.05. The van der Waals surface area contributed by atoms with Crippen molar-refractivity contribution in [3.05, 3.63) is 89.0 Å². The maximum atomic E-state index is 12.7. The monoisotopic (exact) mass is 476 g/mol. The summed E-state index contributed by atoms with van der Waals surface area (Å²) in [5, 5.41) is 6.17. The highest BCUT2D eigenvalue weighted by Crippen LogP contribution is 2.20. The number of likely N-dealkylation sites (N-methyl/N-ethyl adjacent to an activating group) is 1. The highest BCUT2D eigenvalue weighted by atomic mass is 16.5. The Morgan fingerprint density at radius 3 is 2.34 bits per heavy atom. The molecule has 7 heteroatoms. The number of methoxy groups -OCH3 is 1. The van der Waals surface area contributed by atoms with Crippen molar-refractivity contribution < 1.29 is 14.3 Å². The number of nitrogens with one attached hydrogen (secondary N) is 2. The zero-order valence-electron chi connectivity index (χ0n) is 21.2. The molecule has 0 saturated carbocycles. The number of rotatable bonds is 9. The maximum absolute atomic E-state index is 12.7. The molecule has 0 spiro atoms. The van der Waals surface area contributed by atoms with Gasteiger partial charge in [0.15, 0.2) is 0 Å². The molecule has 0 radical (unpaired) electrons. The van der Waals surface area contributed by atoms with E-state index >= 15 is 0 Å². The summed E-state index contributed by atoms with van der Waals surface area (Å²) in [4.78, 5) is 26.9. The molecule has 7 nitrogen and oxygen atoms in total. The smallest absolute Gasteiger partial charge is 0.255 e. The van der Waals surface area contributed by atoms with Gasteiger partial charge in [-0.05, 0) is 54.4 Å². The van der Waals surface area contributed by atoms with Crippen LogP contribution in [0, 0.1) is 6.92 Å². The molecule has 3 rings (SSSR count). The van der Waals surface area contributed by atoms with Crippen LogP contribution in [0.3, 0.4) is 0 Å². The largest absolute Gasteiger partial charge is 0.397 e. The first-order valence-electron chi connectivity index (χ1n) is 11.7. The van der Waals surface area contributed by atoms with Gasteiger partial charge in [-0.25, -0.2) is 0 Å². The lowest BCUT2D eigenvalue weighted by atomic mass is 10.1. The van der Waals surface area contributed by atoms with E-state index in [2.05, 4.69) is 10.6 Å². The first-order valence-corrected chi connectivity index (χ1v) is 11.7. The van der Waals surface area contributed by atoms with Crippen molar-refractivity contribution in [1.29, 1.82) is 0 Å². The minimum absolute atomic E-state index is 0.0392. The van der Waals surface area contributed by atoms with Gasteiger partial charge in [-0.1, -0.05) is 44.2 Å². The van der Waals surface area contributed by atoms with Crippen LogP contribution in [0.25, 0.3) is 0 Å². The van der Waals surface area contributed by atoms with Crippen LogP contribution in [0.1, 0.15) is 45.7 Å². The van der Waals surface area contributed by atoms with E-state index in [-0.39, 0.29) is 11.8 Å². The third-order valence-corrected chi connectivity index (χ3v) is 5.37. The second-order valence-corrected chi connectivity index (χ2v) is 7.84. The molecule has 0 heterocycles. The predicted molar refractivity (Wildman–Crippen MR) is 144 cm³/mol. The molecule has 0 atom stereocenters. The molecule has 4 N–H and O–H groups in total. The standard InChI is InChI=1S/C26H30N4O3.C2H6/c1-18-8-13-21(16-22(18)26(32)30(2)14-15-33-3)28-17-19-9-11-20(12-10-19)25(31)29-24-7-5-4-6-23(24)27;1-2/h4-13,16,28H,14-15,17,27H2,1-3H3,(H,29,31);1-2H3. The second kappa shape index (κ2) is 13.8. The number of hydrogen-bond acceptors (Lipinski definition) is 5. The molecule has 3 aromatic rings. The van der Waals surface area contributed by atoms with Gasteiger partial charge >= 0.3 is 0 Å². The first-order chi connectivity index (χ1) is 16.9. The second-order valence-electron chi connectivity index (χ2n) is 7.84. The van der Waals surface area contributed by atoms with Crippen LogP contribution in [0.4, 0.5) is 17.1 Å². The third-order valence-electron chi connectivity index (χ3n) is 5.37. The molecule has 2 amide bonds. The van der Waals surface area contributed by atoms with Crippen molar-refractivity contribution in [3.63, 3.8) is 0 Å². The van der Waals surface area contributed by atoms with Crippen LogP contribution in [-0.4, -0.2) is 44.0 Å². The Bertz CT molecular complexity index is 1110. The van der Waals surface area contributed by atoms with Gasteiger partial charge in [0.1, 0.15) is 0 Å². The van der Waals surface area contributed by atoms with Gasteiger partial charge in [0.05, 0.1) is 18.0 Å². The van der Waals surface area contributed by atoms with E-state index in [9.17, 15) is 9.59 Å². The van der Waals surface area contributed by atoms with Crippen molar-refractivity contribution in [2.45, 2.75) is 27.3 Å². The maximum Gasteiger partial charge on any atom is 0.255 e. The van der Waals surface area contributed by atoms with E-state index in [1.165, 1.54) is 0 Å².